The highest BCUT2D eigenvalue weighted by atomic mass is 16.5. The molecule has 432 valence electrons. The Morgan fingerprint density at radius 3 is 0.973 bits per heavy atom. The van der Waals surface area contributed by atoms with Gasteiger partial charge in [0.05, 0.1) is 25.4 Å². The normalized spacial score (nSPS) is 12.7. The quantitative estimate of drug-likeness (QED) is 0.0320. The summed E-state index contributed by atoms with van der Waals surface area (Å²) in [4.78, 5) is 24.6. The van der Waals surface area contributed by atoms with Gasteiger partial charge in [-0.15, -0.1) is 0 Å². The number of nitrogens with one attached hydrogen (secondary N) is 1. The van der Waals surface area contributed by atoms with Crippen LogP contribution >= 0.6 is 0 Å². The summed E-state index contributed by atoms with van der Waals surface area (Å²) >= 11 is 0. The highest BCUT2D eigenvalue weighted by molar-refractivity contribution is 5.76. The fraction of sp³-hybridized carbons (Fsp3) is 0.910. The van der Waals surface area contributed by atoms with Crippen LogP contribution in [-0.2, 0) is 14.3 Å². The Hall–Kier alpha value is -1.66. The molecule has 0 saturated heterocycles. The highest BCUT2D eigenvalue weighted by Gasteiger charge is 2.20. The molecule has 0 aromatic carbocycles. The Labute approximate surface area is 456 Å². The van der Waals surface area contributed by atoms with Crippen LogP contribution in [0.25, 0.3) is 0 Å². The molecule has 0 spiro atoms. The van der Waals surface area contributed by atoms with Gasteiger partial charge in [0.2, 0.25) is 5.91 Å². The number of rotatable bonds is 62. The third-order valence-electron chi connectivity index (χ3n) is 15.5. The van der Waals surface area contributed by atoms with Gasteiger partial charge in [0, 0.05) is 12.8 Å². The minimum Gasteiger partial charge on any atom is -0.466 e. The topological polar surface area (TPSA) is 95.9 Å². The van der Waals surface area contributed by atoms with Crippen molar-refractivity contribution >= 4 is 11.9 Å². The Morgan fingerprint density at radius 2 is 0.644 bits per heavy atom. The number of carbonyl (C=O) groups is 2. The number of esters is 1. The molecule has 0 fully saturated rings. The maximum Gasteiger partial charge on any atom is 0.305 e. The van der Waals surface area contributed by atoms with Crippen LogP contribution in [-0.4, -0.2) is 47.4 Å². The van der Waals surface area contributed by atoms with Gasteiger partial charge in [-0.2, -0.15) is 0 Å². The van der Waals surface area contributed by atoms with E-state index in [0.717, 1.165) is 44.9 Å². The second kappa shape index (κ2) is 62.9. The van der Waals surface area contributed by atoms with Gasteiger partial charge in [0.15, 0.2) is 0 Å². The molecule has 1 amide bonds. The van der Waals surface area contributed by atoms with E-state index >= 15 is 0 Å². The summed E-state index contributed by atoms with van der Waals surface area (Å²) in [6.45, 7) is 4.97. The lowest BCUT2D eigenvalue weighted by molar-refractivity contribution is -0.143. The summed E-state index contributed by atoms with van der Waals surface area (Å²) in [6, 6.07) is -0.542. The average Bonchev–Trinajstić information content (AvgIpc) is 3.39. The Morgan fingerprint density at radius 1 is 0.370 bits per heavy atom. The van der Waals surface area contributed by atoms with Gasteiger partial charge in [-0.1, -0.05) is 301 Å². The van der Waals surface area contributed by atoms with E-state index in [1.807, 2.05) is 0 Å². The molecule has 6 nitrogen and oxygen atoms in total. The van der Waals surface area contributed by atoms with Crippen molar-refractivity contribution in [2.75, 3.05) is 13.2 Å². The minimum absolute atomic E-state index is 0.0119. The first-order valence-corrected chi connectivity index (χ1v) is 33.1. The van der Waals surface area contributed by atoms with Crippen LogP contribution in [0.1, 0.15) is 367 Å². The lowest BCUT2D eigenvalue weighted by atomic mass is 10.0. The highest BCUT2D eigenvalue weighted by Crippen LogP contribution is 2.18. The zero-order valence-corrected chi connectivity index (χ0v) is 49.4. The van der Waals surface area contributed by atoms with Crippen molar-refractivity contribution in [2.45, 2.75) is 379 Å². The maximum atomic E-state index is 12.5. The molecule has 0 heterocycles. The smallest absolute Gasteiger partial charge is 0.305 e. The number of unbranched alkanes of at least 4 members (excludes halogenated alkanes) is 47. The number of hydrogen-bond acceptors (Lipinski definition) is 5. The van der Waals surface area contributed by atoms with Crippen LogP contribution in [0, 0.1) is 0 Å². The summed E-state index contributed by atoms with van der Waals surface area (Å²) in [5.41, 5.74) is 0. The van der Waals surface area contributed by atoms with Crippen LogP contribution in [0.4, 0.5) is 0 Å². The number of allylic oxidation sites excluding steroid dienone is 4. The predicted octanol–water partition coefficient (Wildman–Crippen LogP) is 21.0. The van der Waals surface area contributed by atoms with Gasteiger partial charge >= 0.3 is 5.97 Å². The molecule has 0 aromatic heterocycles. The first kappa shape index (κ1) is 71.3. The largest absolute Gasteiger partial charge is 0.466 e. The van der Waals surface area contributed by atoms with E-state index in [1.165, 1.54) is 289 Å². The van der Waals surface area contributed by atoms with E-state index in [4.69, 9.17) is 4.74 Å². The van der Waals surface area contributed by atoms with Crippen LogP contribution in [0.5, 0.6) is 0 Å². The van der Waals surface area contributed by atoms with Gasteiger partial charge in [-0.25, -0.2) is 0 Å². The van der Waals surface area contributed by atoms with Crippen LogP contribution < -0.4 is 5.32 Å². The molecular weight excluding hydrogens is 899 g/mol. The number of carbonyl (C=O) groups excluding carboxylic acids is 2. The van der Waals surface area contributed by atoms with Gasteiger partial charge in [0.1, 0.15) is 0 Å². The molecule has 0 aliphatic carbocycles. The summed E-state index contributed by atoms with van der Waals surface area (Å²) < 4.78 is 5.50. The molecular formula is C67H129NO5. The molecule has 6 heteroatoms. The molecule has 3 N–H and O–H groups in total. The molecule has 0 radical (unpaired) electrons. The van der Waals surface area contributed by atoms with Crippen molar-refractivity contribution < 1.29 is 24.5 Å². The van der Waals surface area contributed by atoms with Crippen LogP contribution in [0.2, 0.25) is 0 Å². The molecule has 0 aliphatic rings. The summed E-state index contributed by atoms with van der Waals surface area (Å²) in [6.07, 6.45) is 77.8. The molecule has 0 aromatic rings. The lowest BCUT2D eigenvalue weighted by Gasteiger charge is -2.22. The molecule has 2 unspecified atom stereocenters. The summed E-state index contributed by atoms with van der Waals surface area (Å²) in [5.74, 6) is -0.0240. The molecule has 0 aliphatic heterocycles. The van der Waals surface area contributed by atoms with Crippen LogP contribution in [0.3, 0.4) is 0 Å². The van der Waals surface area contributed by atoms with Gasteiger partial charge < -0.3 is 20.3 Å². The Kier molecular flexibility index (Phi) is 61.4. The molecule has 2 atom stereocenters. The molecule has 0 bridgehead atoms. The van der Waals surface area contributed by atoms with Crippen molar-refractivity contribution in [1.82, 2.24) is 5.32 Å². The number of amides is 1. The molecule has 73 heavy (non-hydrogen) atoms. The van der Waals surface area contributed by atoms with Crippen molar-refractivity contribution in [3.05, 3.63) is 24.3 Å². The van der Waals surface area contributed by atoms with Crippen LogP contribution in [0.15, 0.2) is 24.3 Å². The van der Waals surface area contributed by atoms with E-state index in [1.54, 1.807) is 0 Å². The number of ether oxygens (including phenoxy) is 1. The Bertz CT molecular complexity index is 1140. The molecule has 0 saturated carbocycles. The number of aliphatic hydroxyl groups is 2. The third kappa shape index (κ3) is 59.4. The third-order valence-corrected chi connectivity index (χ3v) is 15.5. The van der Waals surface area contributed by atoms with E-state index in [9.17, 15) is 19.8 Å². The number of aliphatic hydroxyl groups excluding tert-OH is 2. The second-order valence-electron chi connectivity index (χ2n) is 22.8. The molecule has 0 rings (SSSR count). The van der Waals surface area contributed by atoms with E-state index < -0.39 is 12.1 Å². The zero-order valence-electron chi connectivity index (χ0n) is 49.4. The fourth-order valence-corrected chi connectivity index (χ4v) is 10.4. The monoisotopic (exact) mass is 1030 g/mol. The van der Waals surface area contributed by atoms with Gasteiger partial charge in [0.25, 0.3) is 0 Å². The van der Waals surface area contributed by atoms with E-state index in [0.29, 0.717) is 25.9 Å². The number of hydrogen-bond donors (Lipinski definition) is 3. The first-order chi connectivity index (χ1) is 36.0. The average molecular weight is 1030 g/mol. The summed E-state index contributed by atoms with van der Waals surface area (Å²) in [5, 5.41) is 23.2. The first-order valence-electron chi connectivity index (χ1n) is 33.1. The van der Waals surface area contributed by atoms with Crippen molar-refractivity contribution in [1.29, 1.82) is 0 Å². The van der Waals surface area contributed by atoms with Crippen molar-refractivity contribution in [3.63, 3.8) is 0 Å². The Balaban J connectivity index is 3.36. The second-order valence-corrected chi connectivity index (χ2v) is 22.8. The predicted molar refractivity (Wildman–Crippen MR) is 320 cm³/mol. The minimum atomic E-state index is -0.664. The lowest BCUT2D eigenvalue weighted by Crippen LogP contribution is -2.45. The zero-order chi connectivity index (χ0) is 52.9. The van der Waals surface area contributed by atoms with E-state index in [2.05, 4.69) is 43.5 Å². The van der Waals surface area contributed by atoms with Gasteiger partial charge in [-0.3, -0.25) is 9.59 Å². The SMILES string of the molecule is CCCCCCCCC/C=C\CCCCCCCCCC(=O)OCCCCCCCCCCCCCC/C=C\CCCCCCCCCCCCC(=O)NC(CO)C(O)CCCCCCCCCCCCCC. The van der Waals surface area contributed by atoms with Crippen molar-refractivity contribution in [3.8, 4) is 0 Å². The fourth-order valence-electron chi connectivity index (χ4n) is 10.4. The van der Waals surface area contributed by atoms with Crippen molar-refractivity contribution in [2.24, 2.45) is 0 Å². The van der Waals surface area contributed by atoms with E-state index in [-0.39, 0.29) is 18.5 Å². The maximum absolute atomic E-state index is 12.5. The summed E-state index contributed by atoms with van der Waals surface area (Å²) in [7, 11) is 0. The standard InChI is InChI=1S/C67H129NO5/c1-3-5-7-9-11-13-15-17-18-19-31-34-37-41-45-49-53-57-61-67(72)73-62-58-54-50-46-42-38-35-32-29-27-25-23-21-20-22-24-26-28-30-33-36-40-44-48-52-56-60-66(71)68-64(63-69)65(70)59-55-51-47-43-39-16-14-12-10-8-6-4-2/h18-20,22,64-65,69-70H,3-17,21,23-63H2,1-2H3,(H,68,71)/b19-18-,22-20-. The van der Waals surface area contributed by atoms with Gasteiger partial charge in [-0.05, 0) is 77.0 Å².